The molecule has 0 aliphatic heterocycles. The molecule has 7 nitrogen and oxygen atoms in total. The largest absolute Gasteiger partial charge is 0.497 e. The van der Waals surface area contributed by atoms with Crippen LogP contribution in [0.2, 0.25) is 0 Å². The number of aromatic nitrogens is 4. The van der Waals surface area contributed by atoms with Crippen molar-refractivity contribution in [3.63, 3.8) is 0 Å². The standard InChI is InChI=1S/C18H21N5O2/c1-25-14-8-2-11(3-9-14)15-16-17(20-10-19-16)23-18(22-15)21-12-4-6-13(24)7-5-12/h2-3,8-10,12-13,24H,4-7H2,1H3,(H2,19,20,21,22,23)/t12-,13-. The molecule has 1 aliphatic rings. The highest BCUT2D eigenvalue weighted by atomic mass is 16.5. The van der Waals surface area contributed by atoms with Gasteiger partial charge in [-0.25, -0.2) is 9.97 Å². The van der Waals surface area contributed by atoms with Crippen molar-refractivity contribution in [1.82, 2.24) is 19.9 Å². The molecule has 2 aromatic heterocycles. The number of benzene rings is 1. The van der Waals surface area contributed by atoms with E-state index < -0.39 is 0 Å². The van der Waals surface area contributed by atoms with Crippen LogP contribution in [0.3, 0.4) is 0 Å². The second-order valence-corrected chi connectivity index (χ2v) is 6.37. The Balaban J connectivity index is 1.67. The molecular formula is C18H21N5O2. The summed E-state index contributed by atoms with van der Waals surface area (Å²) in [6, 6.07) is 8.04. The summed E-state index contributed by atoms with van der Waals surface area (Å²) in [6.45, 7) is 0. The van der Waals surface area contributed by atoms with Crippen LogP contribution in [0.15, 0.2) is 30.6 Å². The number of nitrogens with one attached hydrogen (secondary N) is 2. The van der Waals surface area contributed by atoms with E-state index in [1.165, 1.54) is 0 Å². The number of hydrogen-bond donors (Lipinski definition) is 3. The Morgan fingerprint density at radius 2 is 1.88 bits per heavy atom. The summed E-state index contributed by atoms with van der Waals surface area (Å²) in [4.78, 5) is 16.7. The van der Waals surface area contributed by atoms with Gasteiger partial charge in [0, 0.05) is 11.6 Å². The first-order valence-corrected chi connectivity index (χ1v) is 8.53. The van der Waals surface area contributed by atoms with E-state index >= 15 is 0 Å². The highest BCUT2D eigenvalue weighted by Gasteiger charge is 2.21. The minimum absolute atomic E-state index is 0.177. The molecule has 1 saturated carbocycles. The quantitative estimate of drug-likeness (QED) is 0.676. The lowest BCUT2D eigenvalue weighted by Gasteiger charge is -2.26. The first-order valence-electron chi connectivity index (χ1n) is 8.53. The van der Waals surface area contributed by atoms with E-state index in [1.54, 1.807) is 13.4 Å². The van der Waals surface area contributed by atoms with Crippen molar-refractivity contribution < 1.29 is 9.84 Å². The van der Waals surface area contributed by atoms with Crippen molar-refractivity contribution in [2.75, 3.05) is 12.4 Å². The topological polar surface area (TPSA) is 96.0 Å². The van der Waals surface area contributed by atoms with Crippen molar-refractivity contribution in [2.24, 2.45) is 0 Å². The van der Waals surface area contributed by atoms with Gasteiger partial charge in [-0.2, -0.15) is 4.98 Å². The van der Waals surface area contributed by atoms with E-state index in [-0.39, 0.29) is 12.1 Å². The van der Waals surface area contributed by atoms with Crippen LogP contribution >= 0.6 is 0 Å². The van der Waals surface area contributed by atoms with Gasteiger partial charge in [-0.3, -0.25) is 0 Å². The van der Waals surface area contributed by atoms with Gasteiger partial charge in [0.1, 0.15) is 17.0 Å². The Bertz CT molecular complexity index is 854. The number of aliphatic hydroxyl groups is 1. The van der Waals surface area contributed by atoms with Crippen LogP contribution in [0.25, 0.3) is 22.4 Å². The Kier molecular flexibility index (Phi) is 4.23. The Morgan fingerprint density at radius 3 is 2.60 bits per heavy atom. The number of aromatic amines is 1. The number of rotatable bonds is 4. The molecule has 2 heterocycles. The van der Waals surface area contributed by atoms with E-state index in [0.717, 1.165) is 48.2 Å². The highest BCUT2D eigenvalue weighted by molar-refractivity contribution is 5.88. The van der Waals surface area contributed by atoms with E-state index in [4.69, 9.17) is 9.72 Å². The molecule has 4 rings (SSSR count). The lowest BCUT2D eigenvalue weighted by atomic mass is 9.93. The minimum atomic E-state index is -0.177. The number of imidazole rings is 1. The molecule has 0 amide bonds. The van der Waals surface area contributed by atoms with Gasteiger partial charge in [-0.1, -0.05) is 0 Å². The van der Waals surface area contributed by atoms with Crippen LogP contribution < -0.4 is 10.1 Å². The molecule has 1 fully saturated rings. The van der Waals surface area contributed by atoms with Gasteiger partial charge in [-0.05, 0) is 49.9 Å². The number of fused-ring (bicyclic) bond motifs is 1. The highest BCUT2D eigenvalue weighted by Crippen LogP contribution is 2.28. The maximum atomic E-state index is 9.66. The normalized spacial score (nSPS) is 20.6. The van der Waals surface area contributed by atoms with E-state index in [1.807, 2.05) is 24.3 Å². The van der Waals surface area contributed by atoms with Gasteiger partial charge in [0.15, 0.2) is 5.65 Å². The molecule has 1 aliphatic carbocycles. The molecule has 0 unspecified atom stereocenters. The molecule has 130 valence electrons. The maximum absolute atomic E-state index is 9.66. The zero-order valence-corrected chi connectivity index (χ0v) is 14.1. The Hall–Kier alpha value is -2.67. The number of ether oxygens (including phenoxy) is 1. The van der Waals surface area contributed by atoms with Gasteiger partial charge in [0.25, 0.3) is 0 Å². The predicted molar refractivity (Wildman–Crippen MR) is 95.6 cm³/mol. The van der Waals surface area contributed by atoms with Crippen LogP contribution in [0.5, 0.6) is 5.75 Å². The number of methoxy groups -OCH3 is 1. The molecule has 3 aromatic rings. The Morgan fingerprint density at radius 1 is 1.12 bits per heavy atom. The summed E-state index contributed by atoms with van der Waals surface area (Å²) in [6.07, 6.45) is 4.92. The van der Waals surface area contributed by atoms with E-state index in [2.05, 4.69) is 20.3 Å². The minimum Gasteiger partial charge on any atom is -0.497 e. The summed E-state index contributed by atoms with van der Waals surface area (Å²) in [7, 11) is 1.65. The summed E-state index contributed by atoms with van der Waals surface area (Å²) in [5, 5.41) is 13.1. The van der Waals surface area contributed by atoms with Gasteiger partial charge in [0.05, 0.1) is 19.5 Å². The SMILES string of the molecule is COc1ccc(-c2nc(N[C@H]3CC[C@H](O)CC3)nc3[nH]cnc23)cc1. The molecule has 0 atom stereocenters. The average molecular weight is 339 g/mol. The lowest BCUT2D eigenvalue weighted by molar-refractivity contribution is 0.126. The number of H-pyrrole nitrogens is 1. The second-order valence-electron chi connectivity index (χ2n) is 6.37. The average Bonchev–Trinajstić information content (AvgIpc) is 3.12. The molecule has 0 radical (unpaired) electrons. The number of anilines is 1. The van der Waals surface area contributed by atoms with Crippen LogP contribution in [0, 0.1) is 0 Å². The summed E-state index contributed by atoms with van der Waals surface area (Å²) in [5.74, 6) is 1.39. The fourth-order valence-electron chi connectivity index (χ4n) is 3.25. The molecule has 0 spiro atoms. The zero-order valence-electron chi connectivity index (χ0n) is 14.1. The van der Waals surface area contributed by atoms with Crippen LogP contribution in [-0.4, -0.2) is 44.3 Å². The fraction of sp³-hybridized carbons (Fsp3) is 0.389. The monoisotopic (exact) mass is 339 g/mol. The van der Waals surface area contributed by atoms with Gasteiger partial charge in [-0.15, -0.1) is 0 Å². The third-order valence-electron chi connectivity index (χ3n) is 4.67. The maximum Gasteiger partial charge on any atom is 0.225 e. The lowest BCUT2D eigenvalue weighted by Crippen LogP contribution is -2.29. The summed E-state index contributed by atoms with van der Waals surface area (Å²) < 4.78 is 5.22. The van der Waals surface area contributed by atoms with Crippen molar-refractivity contribution in [3.8, 4) is 17.0 Å². The van der Waals surface area contributed by atoms with Crippen LogP contribution in [-0.2, 0) is 0 Å². The zero-order chi connectivity index (χ0) is 17.2. The third-order valence-corrected chi connectivity index (χ3v) is 4.67. The van der Waals surface area contributed by atoms with Crippen molar-refractivity contribution in [3.05, 3.63) is 30.6 Å². The molecule has 0 saturated heterocycles. The predicted octanol–water partition coefficient (Wildman–Crippen LogP) is 2.74. The number of aliphatic hydroxyl groups excluding tert-OH is 1. The number of nitrogens with zero attached hydrogens (tertiary/aromatic N) is 3. The number of hydrogen-bond acceptors (Lipinski definition) is 6. The van der Waals surface area contributed by atoms with Gasteiger partial charge >= 0.3 is 0 Å². The molecule has 1 aromatic carbocycles. The smallest absolute Gasteiger partial charge is 0.225 e. The first kappa shape index (κ1) is 15.8. The van der Waals surface area contributed by atoms with Gasteiger partial charge in [0.2, 0.25) is 5.95 Å². The van der Waals surface area contributed by atoms with Crippen molar-refractivity contribution in [1.29, 1.82) is 0 Å². The van der Waals surface area contributed by atoms with Gasteiger partial charge < -0.3 is 20.1 Å². The third kappa shape index (κ3) is 3.28. The molecular weight excluding hydrogens is 318 g/mol. The van der Waals surface area contributed by atoms with Crippen LogP contribution in [0.4, 0.5) is 5.95 Å². The second kappa shape index (κ2) is 6.68. The first-order chi connectivity index (χ1) is 12.2. The summed E-state index contributed by atoms with van der Waals surface area (Å²) >= 11 is 0. The van der Waals surface area contributed by atoms with Crippen molar-refractivity contribution in [2.45, 2.75) is 37.8 Å². The van der Waals surface area contributed by atoms with E-state index in [0.29, 0.717) is 11.6 Å². The van der Waals surface area contributed by atoms with Crippen molar-refractivity contribution >= 4 is 17.1 Å². The molecule has 7 heteroatoms. The fourth-order valence-corrected chi connectivity index (χ4v) is 3.25. The summed E-state index contributed by atoms with van der Waals surface area (Å²) in [5.41, 5.74) is 3.20. The van der Waals surface area contributed by atoms with Crippen LogP contribution in [0.1, 0.15) is 25.7 Å². The Labute approximate surface area is 145 Å². The molecule has 0 bridgehead atoms. The molecule has 3 N–H and O–H groups in total. The van der Waals surface area contributed by atoms with E-state index in [9.17, 15) is 5.11 Å². The molecule has 25 heavy (non-hydrogen) atoms.